The van der Waals surface area contributed by atoms with Crippen LogP contribution in [0.3, 0.4) is 0 Å². The highest BCUT2D eigenvalue weighted by Crippen LogP contribution is 2.30. The van der Waals surface area contributed by atoms with Crippen LogP contribution in [0.15, 0.2) is 59.5 Å². The Hall–Kier alpha value is -4.48. The summed E-state index contributed by atoms with van der Waals surface area (Å²) >= 11 is 0. The van der Waals surface area contributed by atoms with Crippen molar-refractivity contribution in [3.63, 3.8) is 0 Å². The SMILES string of the molecule is [CH2]c1cc(OCC(F)F)nc2c(-c3ccc(OC(F)F)cc3)c(=O)n(-c3ccc4nn(C)cc4c3)nc12. The number of hydrogen-bond acceptors (Lipinski definition) is 6. The maximum Gasteiger partial charge on any atom is 0.387 e. The summed E-state index contributed by atoms with van der Waals surface area (Å²) in [6, 6.07) is 11.9. The molecule has 5 aromatic rings. The predicted molar refractivity (Wildman–Crippen MR) is 127 cm³/mol. The molecule has 0 saturated heterocycles. The molecule has 8 nitrogen and oxygen atoms in total. The van der Waals surface area contributed by atoms with Crippen molar-refractivity contribution in [3.05, 3.63) is 77.6 Å². The fourth-order valence-electron chi connectivity index (χ4n) is 3.93. The molecule has 37 heavy (non-hydrogen) atoms. The van der Waals surface area contributed by atoms with Crippen molar-refractivity contribution in [3.8, 4) is 28.4 Å². The van der Waals surface area contributed by atoms with Gasteiger partial charge in [-0.2, -0.15) is 23.7 Å². The van der Waals surface area contributed by atoms with E-state index in [0.717, 1.165) is 10.9 Å². The van der Waals surface area contributed by atoms with Crippen molar-refractivity contribution in [1.29, 1.82) is 0 Å². The first-order valence-corrected chi connectivity index (χ1v) is 10.9. The smallest absolute Gasteiger partial charge is 0.387 e. The zero-order valence-corrected chi connectivity index (χ0v) is 19.2. The summed E-state index contributed by atoms with van der Waals surface area (Å²) < 4.78 is 62.9. The molecule has 0 amide bonds. The molecule has 189 valence electrons. The van der Waals surface area contributed by atoms with E-state index in [9.17, 15) is 22.4 Å². The monoisotopic (exact) mass is 512 g/mol. The van der Waals surface area contributed by atoms with Gasteiger partial charge >= 0.3 is 6.61 Å². The van der Waals surface area contributed by atoms with Crippen LogP contribution in [0.4, 0.5) is 17.6 Å². The summed E-state index contributed by atoms with van der Waals surface area (Å²) in [6.07, 6.45) is -0.949. The van der Waals surface area contributed by atoms with E-state index in [1.807, 2.05) is 0 Å². The summed E-state index contributed by atoms with van der Waals surface area (Å²) in [6.45, 7) is 0.0169. The van der Waals surface area contributed by atoms with Gasteiger partial charge in [0.15, 0.2) is 6.61 Å². The Morgan fingerprint density at radius 2 is 1.76 bits per heavy atom. The highest BCUT2D eigenvalue weighted by molar-refractivity contribution is 5.93. The first kappa shape index (κ1) is 24.2. The van der Waals surface area contributed by atoms with Gasteiger partial charge in [-0.15, -0.1) is 0 Å². The molecule has 0 fully saturated rings. The second-order valence-corrected chi connectivity index (χ2v) is 8.06. The minimum Gasteiger partial charge on any atom is -0.472 e. The number of aromatic nitrogens is 5. The third-order valence-corrected chi connectivity index (χ3v) is 5.46. The third kappa shape index (κ3) is 4.82. The Morgan fingerprint density at radius 3 is 2.46 bits per heavy atom. The molecule has 0 aliphatic rings. The van der Waals surface area contributed by atoms with Gasteiger partial charge in [-0.25, -0.2) is 13.8 Å². The standard InChI is InChI=1S/C25H18F4N5O3/c1-13-9-20(36-12-19(26)27)30-23-21(14-3-6-17(7-4-14)37-25(28)29)24(35)34(32-22(13)23)16-5-8-18-15(10-16)11-33(2)31-18/h3-11,19,25H,1,12H2,2H3. The second kappa shape index (κ2) is 9.52. The highest BCUT2D eigenvalue weighted by atomic mass is 19.3. The number of ether oxygens (including phenoxy) is 2. The zero-order chi connectivity index (χ0) is 26.3. The molecule has 5 rings (SSSR count). The number of pyridine rings is 1. The van der Waals surface area contributed by atoms with E-state index < -0.39 is 25.2 Å². The molecule has 0 bridgehead atoms. The Labute approximate surface area is 206 Å². The molecule has 2 aromatic carbocycles. The maximum absolute atomic E-state index is 13.8. The number of halogens is 4. The van der Waals surface area contributed by atoms with Crippen LogP contribution >= 0.6 is 0 Å². The maximum atomic E-state index is 13.8. The Bertz CT molecular complexity index is 1670. The Kier molecular flexibility index (Phi) is 6.24. The normalized spacial score (nSPS) is 11.7. The lowest BCUT2D eigenvalue weighted by atomic mass is 10.0. The first-order chi connectivity index (χ1) is 17.7. The van der Waals surface area contributed by atoms with Crippen molar-refractivity contribution >= 4 is 21.9 Å². The van der Waals surface area contributed by atoms with E-state index in [2.05, 4.69) is 26.8 Å². The molecular formula is C25H18F4N5O3. The lowest BCUT2D eigenvalue weighted by Crippen LogP contribution is -2.24. The van der Waals surface area contributed by atoms with Gasteiger partial charge in [0.05, 0.1) is 16.8 Å². The minimum absolute atomic E-state index is 0.0484. The van der Waals surface area contributed by atoms with E-state index in [-0.39, 0.29) is 33.8 Å². The van der Waals surface area contributed by atoms with Crippen molar-refractivity contribution in [2.75, 3.05) is 6.61 Å². The summed E-state index contributed by atoms with van der Waals surface area (Å²) in [5, 5.41) is 9.56. The van der Waals surface area contributed by atoms with Crippen LogP contribution in [0.1, 0.15) is 5.56 Å². The van der Waals surface area contributed by atoms with E-state index in [4.69, 9.17) is 4.74 Å². The van der Waals surface area contributed by atoms with Crippen LogP contribution in [-0.2, 0) is 7.05 Å². The number of alkyl halides is 4. The Morgan fingerprint density at radius 1 is 1.00 bits per heavy atom. The summed E-state index contributed by atoms with van der Waals surface area (Å²) in [5.41, 5.74) is 1.49. The molecule has 0 aliphatic carbocycles. The molecular weight excluding hydrogens is 494 g/mol. The third-order valence-electron chi connectivity index (χ3n) is 5.46. The van der Waals surface area contributed by atoms with E-state index >= 15 is 0 Å². The average Bonchev–Trinajstić information content (AvgIpc) is 3.22. The molecule has 3 aromatic heterocycles. The summed E-state index contributed by atoms with van der Waals surface area (Å²) in [7, 11) is 1.77. The van der Waals surface area contributed by atoms with Crippen molar-refractivity contribution in [2.45, 2.75) is 13.0 Å². The molecule has 1 radical (unpaired) electrons. The topological polar surface area (TPSA) is 84.1 Å². The van der Waals surface area contributed by atoms with Crippen LogP contribution in [0.25, 0.3) is 38.8 Å². The van der Waals surface area contributed by atoms with Crippen molar-refractivity contribution in [1.82, 2.24) is 24.5 Å². The predicted octanol–water partition coefficient (Wildman–Crippen LogP) is 4.76. The molecule has 12 heteroatoms. The van der Waals surface area contributed by atoms with Gasteiger partial charge in [-0.1, -0.05) is 12.1 Å². The van der Waals surface area contributed by atoms with Crippen LogP contribution < -0.4 is 15.0 Å². The largest absolute Gasteiger partial charge is 0.472 e. The van der Waals surface area contributed by atoms with Crippen molar-refractivity contribution in [2.24, 2.45) is 7.05 Å². The first-order valence-electron chi connectivity index (χ1n) is 10.9. The van der Waals surface area contributed by atoms with Gasteiger partial charge < -0.3 is 9.47 Å². The number of benzene rings is 2. The second-order valence-electron chi connectivity index (χ2n) is 8.06. The quantitative estimate of drug-likeness (QED) is 0.293. The molecule has 3 heterocycles. The lowest BCUT2D eigenvalue weighted by molar-refractivity contribution is -0.0498. The van der Waals surface area contributed by atoms with Crippen molar-refractivity contribution < 1.29 is 27.0 Å². The van der Waals surface area contributed by atoms with E-state index in [1.165, 1.54) is 35.0 Å². The Balaban J connectivity index is 1.74. The molecule has 0 spiro atoms. The van der Waals surface area contributed by atoms with Crippen LogP contribution in [0.5, 0.6) is 11.6 Å². The molecule has 0 saturated carbocycles. The van der Waals surface area contributed by atoms with Gasteiger partial charge in [0.1, 0.15) is 16.8 Å². The van der Waals surface area contributed by atoms with E-state index in [1.54, 1.807) is 36.1 Å². The van der Waals surface area contributed by atoms with Gasteiger partial charge in [0.25, 0.3) is 12.0 Å². The van der Waals surface area contributed by atoms with Gasteiger partial charge in [-0.05, 0) is 48.4 Å². The number of fused-ring (bicyclic) bond motifs is 2. The minimum atomic E-state index is -3.02. The zero-order valence-electron chi connectivity index (χ0n) is 19.2. The van der Waals surface area contributed by atoms with Crippen LogP contribution in [0, 0.1) is 6.92 Å². The summed E-state index contributed by atoms with van der Waals surface area (Å²) in [4.78, 5) is 18.1. The van der Waals surface area contributed by atoms with Gasteiger partial charge in [0, 0.05) is 24.7 Å². The number of aryl methyl sites for hydroxylation is 1. The molecule has 0 atom stereocenters. The van der Waals surface area contributed by atoms with Crippen LogP contribution in [0.2, 0.25) is 0 Å². The number of rotatable bonds is 7. The molecule has 0 aliphatic heterocycles. The number of nitrogens with zero attached hydrogens (tertiary/aromatic N) is 5. The highest BCUT2D eigenvalue weighted by Gasteiger charge is 2.20. The fourth-order valence-corrected chi connectivity index (χ4v) is 3.93. The summed E-state index contributed by atoms with van der Waals surface area (Å²) in [5.74, 6) is -0.265. The molecule has 0 unspecified atom stereocenters. The average molecular weight is 512 g/mol. The van der Waals surface area contributed by atoms with Gasteiger partial charge in [-0.3, -0.25) is 9.48 Å². The van der Waals surface area contributed by atoms with Gasteiger partial charge in [0.2, 0.25) is 5.88 Å². The molecule has 0 N–H and O–H groups in total. The van der Waals surface area contributed by atoms with E-state index in [0.29, 0.717) is 11.3 Å². The van der Waals surface area contributed by atoms with Crippen LogP contribution in [-0.4, -0.2) is 44.2 Å². The fraction of sp³-hybridized carbons (Fsp3) is 0.160. The lowest BCUT2D eigenvalue weighted by Gasteiger charge is -2.14. The number of hydrogen-bond donors (Lipinski definition) is 0.